The van der Waals surface area contributed by atoms with Crippen molar-refractivity contribution in [2.24, 2.45) is 0 Å². The van der Waals surface area contributed by atoms with E-state index < -0.39 is 5.82 Å². The second-order valence-electron chi connectivity index (χ2n) is 6.68. The molecule has 2 aromatic rings. The minimum Gasteiger partial charge on any atom is -0.350 e. The van der Waals surface area contributed by atoms with Crippen LogP contribution in [0.1, 0.15) is 53.7 Å². The van der Waals surface area contributed by atoms with Crippen molar-refractivity contribution < 1.29 is 18.8 Å². The fraction of sp³-hybridized carbons (Fsp3) is 0.286. The molecule has 6 heteroatoms. The number of hydrogen-bond donors (Lipinski definition) is 2. The zero-order valence-corrected chi connectivity index (χ0v) is 15.0. The molecule has 1 aliphatic rings. The molecule has 0 aliphatic carbocycles. The predicted octanol–water partition coefficient (Wildman–Crippen LogP) is 3.55. The van der Waals surface area contributed by atoms with Gasteiger partial charge in [0.15, 0.2) is 5.78 Å². The van der Waals surface area contributed by atoms with E-state index >= 15 is 0 Å². The molecule has 0 radical (unpaired) electrons. The maximum Gasteiger partial charge on any atom is 0.224 e. The molecule has 3 rings (SSSR count). The van der Waals surface area contributed by atoms with Gasteiger partial charge < -0.3 is 10.6 Å². The first kappa shape index (κ1) is 18.8. The Kier molecular flexibility index (Phi) is 5.64. The Morgan fingerprint density at radius 3 is 2.59 bits per heavy atom. The van der Waals surface area contributed by atoms with E-state index in [1.54, 1.807) is 0 Å². The van der Waals surface area contributed by atoms with Gasteiger partial charge in [0, 0.05) is 30.5 Å². The minimum atomic E-state index is -0.400. The Bertz CT molecular complexity index is 877. The van der Waals surface area contributed by atoms with Gasteiger partial charge in [0.2, 0.25) is 11.8 Å². The van der Waals surface area contributed by atoms with Gasteiger partial charge in [0.05, 0.1) is 6.04 Å². The molecule has 2 amide bonds. The summed E-state index contributed by atoms with van der Waals surface area (Å²) in [6.07, 6.45) is 1.28. The highest BCUT2D eigenvalue weighted by Gasteiger charge is 2.17. The van der Waals surface area contributed by atoms with E-state index in [0.29, 0.717) is 18.4 Å². The van der Waals surface area contributed by atoms with E-state index in [1.165, 1.54) is 24.3 Å². The van der Waals surface area contributed by atoms with Crippen LogP contribution in [-0.4, -0.2) is 17.6 Å². The van der Waals surface area contributed by atoms with Crippen LogP contribution in [0.5, 0.6) is 0 Å². The molecule has 0 saturated carbocycles. The molecule has 1 heterocycles. The Morgan fingerprint density at radius 2 is 1.85 bits per heavy atom. The summed E-state index contributed by atoms with van der Waals surface area (Å²) in [6, 6.07) is 10.8. The van der Waals surface area contributed by atoms with Gasteiger partial charge in [-0.2, -0.15) is 0 Å². The lowest BCUT2D eigenvalue weighted by molar-refractivity contribution is -0.121. The van der Waals surface area contributed by atoms with E-state index in [-0.39, 0.29) is 36.5 Å². The number of rotatable bonds is 6. The van der Waals surface area contributed by atoms with E-state index in [0.717, 1.165) is 16.8 Å². The number of anilines is 1. The molecule has 5 nitrogen and oxygen atoms in total. The third-order valence-corrected chi connectivity index (χ3v) is 4.65. The summed E-state index contributed by atoms with van der Waals surface area (Å²) in [5.74, 6) is -0.795. The van der Waals surface area contributed by atoms with Gasteiger partial charge in [-0.25, -0.2) is 4.39 Å². The third kappa shape index (κ3) is 4.78. The number of Topliss-reactive ketones (excluding diaryl/α,β-unsaturated/α-hetero) is 1. The molecule has 2 N–H and O–H groups in total. The predicted molar refractivity (Wildman–Crippen MR) is 99.9 cm³/mol. The van der Waals surface area contributed by atoms with E-state index in [4.69, 9.17) is 0 Å². The maximum absolute atomic E-state index is 12.9. The molecule has 0 aromatic heterocycles. The lowest BCUT2D eigenvalue weighted by Gasteiger charge is -2.20. The average Bonchev–Trinajstić information content (AvgIpc) is 2.66. The fourth-order valence-corrected chi connectivity index (χ4v) is 3.08. The molecule has 1 aliphatic heterocycles. The van der Waals surface area contributed by atoms with Crippen molar-refractivity contribution in [2.45, 2.75) is 38.6 Å². The van der Waals surface area contributed by atoms with Crippen LogP contribution in [0.3, 0.4) is 0 Å². The van der Waals surface area contributed by atoms with Crippen LogP contribution < -0.4 is 10.6 Å². The molecular weight excluding hydrogens is 347 g/mol. The van der Waals surface area contributed by atoms with Crippen LogP contribution in [0, 0.1) is 5.82 Å². The number of halogens is 1. The number of carbonyl (C=O) groups is 3. The van der Waals surface area contributed by atoms with Crippen LogP contribution in [-0.2, 0) is 16.0 Å². The standard InChI is InChI=1S/C21H21FN2O3/c1-13(15-4-8-18-16(12-15)5-10-21(27)24-18)23-20(26)11-9-19(25)14-2-6-17(22)7-3-14/h2-4,6-8,12-13H,5,9-11H2,1H3,(H,23,26)(H,24,27). The first-order valence-corrected chi connectivity index (χ1v) is 8.93. The number of fused-ring (bicyclic) bond motifs is 1. The zero-order valence-electron chi connectivity index (χ0n) is 15.0. The minimum absolute atomic E-state index is 0.0161. The number of aryl methyl sites for hydroxylation is 1. The Balaban J connectivity index is 1.54. The largest absolute Gasteiger partial charge is 0.350 e. The lowest BCUT2D eigenvalue weighted by atomic mass is 9.97. The first-order chi connectivity index (χ1) is 12.9. The second-order valence-corrected chi connectivity index (χ2v) is 6.68. The fourth-order valence-electron chi connectivity index (χ4n) is 3.08. The number of hydrogen-bond acceptors (Lipinski definition) is 3. The molecule has 0 fully saturated rings. The van der Waals surface area contributed by atoms with Crippen LogP contribution in [0.15, 0.2) is 42.5 Å². The molecule has 27 heavy (non-hydrogen) atoms. The quantitative estimate of drug-likeness (QED) is 0.766. The Hall–Kier alpha value is -3.02. The van der Waals surface area contributed by atoms with Crippen LogP contribution >= 0.6 is 0 Å². The maximum atomic E-state index is 12.9. The topological polar surface area (TPSA) is 75.3 Å². The van der Waals surface area contributed by atoms with Crippen molar-refractivity contribution in [1.29, 1.82) is 0 Å². The number of amides is 2. The second kappa shape index (κ2) is 8.12. The van der Waals surface area contributed by atoms with Crippen molar-refractivity contribution in [3.05, 3.63) is 65.0 Å². The number of ketones is 1. The van der Waals surface area contributed by atoms with Gasteiger partial charge in [0.1, 0.15) is 5.82 Å². The van der Waals surface area contributed by atoms with Crippen LogP contribution in [0.25, 0.3) is 0 Å². The smallest absolute Gasteiger partial charge is 0.224 e. The van der Waals surface area contributed by atoms with Crippen molar-refractivity contribution in [2.75, 3.05) is 5.32 Å². The summed E-state index contributed by atoms with van der Waals surface area (Å²) in [5, 5.41) is 5.72. The van der Waals surface area contributed by atoms with Crippen molar-refractivity contribution >= 4 is 23.3 Å². The van der Waals surface area contributed by atoms with E-state index in [9.17, 15) is 18.8 Å². The van der Waals surface area contributed by atoms with Crippen LogP contribution in [0.4, 0.5) is 10.1 Å². The SMILES string of the molecule is CC(NC(=O)CCC(=O)c1ccc(F)cc1)c1ccc2c(c1)CCC(=O)N2. The highest BCUT2D eigenvalue weighted by Crippen LogP contribution is 2.26. The van der Waals surface area contributed by atoms with E-state index in [1.807, 2.05) is 25.1 Å². The van der Waals surface area contributed by atoms with Crippen LogP contribution in [0.2, 0.25) is 0 Å². The number of benzene rings is 2. The average molecular weight is 368 g/mol. The summed E-state index contributed by atoms with van der Waals surface area (Å²) < 4.78 is 12.9. The number of nitrogens with one attached hydrogen (secondary N) is 2. The monoisotopic (exact) mass is 368 g/mol. The van der Waals surface area contributed by atoms with Gasteiger partial charge in [-0.1, -0.05) is 12.1 Å². The van der Waals surface area contributed by atoms with Gasteiger partial charge >= 0.3 is 0 Å². The van der Waals surface area contributed by atoms with E-state index in [2.05, 4.69) is 10.6 Å². The Labute approximate surface area is 157 Å². The summed E-state index contributed by atoms with van der Waals surface area (Å²) in [6.45, 7) is 1.88. The molecule has 1 atom stereocenters. The zero-order chi connectivity index (χ0) is 19.4. The molecule has 1 unspecified atom stereocenters. The van der Waals surface area contributed by atoms with Gasteiger partial charge in [-0.15, -0.1) is 0 Å². The molecule has 0 spiro atoms. The molecule has 140 valence electrons. The summed E-state index contributed by atoms with van der Waals surface area (Å²) in [5.41, 5.74) is 3.22. The normalized spacial score (nSPS) is 14.1. The first-order valence-electron chi connectivity index (χ1n) is 8.93. The summed E-state index contributed by atoms with van der Waals surface area (Å²) in [7, 11) is 0. The van der Waals surface area contributed by atoms with Crippen molar-refractivity contribution in [1.82, 2.24) is 5.32 Å². The third-order valence-electron chi connectivity index (χ3n) is 4.65. The van der Waals surface area contributed by atoms with Gasteiger partial charge in [-0.05, 0) is 54.8 Å². The lowest BCUT2D eigenvalue weighted by Crippen LogP contribution is -2.27. The molecule has 0 bridgehead atoms. The van der Waals surface area contributed by atoms with Crippen molar-refractivity contribution in [3.63, 3.8) is 0 Å². The summed E-state index contributed by atoms with van der Waals surface area (Å²) >= 11 is 0. The highest BCUT2D eigenvalue weighted by molar-refractivity contribution is 5.98. The molecule has 2 aromatic carbocycles. The summed E-state index contributed by atoms with van der Waals surface area (Å²) in [4.78, 5) is 35.7. The van der Waals surface area contributed by atoms with Gasteiger partial charge in [-0.3, -0.25) is 14.4 Å². The molecular formula is C21H21FN2O3. The Morgan fingerprint density at radius 1 is 1.11 bits per heavy atom. The number of carbonyl (C=O) groups excluding carboxylic acids is 3. The van der Waals surface area contributed by atoms with Gasteiger partial charge in [0.25, 0.3) is 0 Å². The van der Waals surface area contributed by atoms with Crippen molar-refractivity contribution in [3.8, 4) is 0 Å². The molecule has 0 saturated heterocycles. The highest BCUT2D eigenvalue weighted by atomic mass is 19.1.